The van der Waals surface area contributed by atoms with Crippen molar-refractivity contribution in [2.45, 2.75) is 180 Å². The third-order valence-electron chi connectivity index (χ3n) is 11.9. The summed E-state index contributed by atoms with van der Waals surface area (Å²) in [7, 11) is 0. The molecule has 3 saturated heterocycles. The number of amides is 2. The minimum absolute atomic E-state index is 0.00367. The summed E-state index contributed by atoms with van der Waals surface area (Å²) in [6.07, 6.45) is 8.91. The predicted octanol–water partition coefficient (Wildman–Crippen LogP) is 6.28. The van der Waals surface area contributed by atoms with E-state index in [-0.39, 0.29) is 31.4 Å². The van der Waals surface area contributed by atoms with Crippen LogP contribution in [-0.2, 0) is 52.4 Å². The SMILES string of the molecule is CCCCCC1(CCCCC)OC2C=C(C(=O)N3CCCC3C(=O)NC(CO)CCC(=O)OC(C)(C)C)CC(OC(=O)c3ccccc3C=CC(=O)OC3C(=O)OCC3(C)C)C2O1. The molecule has 4 aliphatic rings. The van der Waals surface area contributed by atoms with Gasteiger partial charge in [0.15, 0.2) is 5.79 Å². The average molecular weight is 881 g/mol. The van der Waals surface area contributed by atoms with E-state index in [1.165, 1.54) is 11.0 Å². The molecule has 2 N–H and O–H groups in total. The minimum atomic E-state index is -1.07. The van der Waals surface area contributed by atoms with Gasteiger partial charge in [0, 0.05) is 49.3 Å². The Morgan fingerprint density at radius 2 is 1.70 bits per heavy atom. The van der Waals surface area contributed by atoms with Crippen LogP contribution in [0, 0.1) is 5.41 Å². The van der Waals surface area contributed by atoms with Gasteiger partial charge < -0.3 is 43.7 Å². The zero-order valence-electron chi connectivity index (χ0n) is 38.1. The summed E-state index contributed by atoms with van der Waals surface area (Å²) in [6.45, 7) is 13.1. The molecule has 1 aromatic rings. The topological polar surface area (TPSA) is 193 Å². The molecule has 2 amide bonds. The molecule has 1 aliphatic carbocycles. The van der Waals surface area contributed by atoms with E-state index in [2.05, 4.69) is 19.2 Å². The van der Waals surface area contributed by atoms with E-state index in [0.29, 0.717) is 43.4 Å². The van der Waals surface area contributed by atoms with Gasteiger partial charge in [-0.2, -0.15) is 0 Å². The van der Waals surface area contributed by atoms with Gasteiger partial charge in [0.25, 0.3) is 0 Å². The van der Waals surface area contributed by atoms with Gasteiger partial charge in [-0.1, -0.05) is 71.6 Å². The maximum atomic E-state index is 14.5. The third kappa shape index (κ3) is 13.2. The smallest absolute Gasteiger partial charge is 0.348 e. The highest BCUT2D eigenvalue weighted by molar-refractivity contribution is 5.99. The fraction of sp³-hybridized carbons (Fsp3) is 0.667. The summed E-state index contributed by atoms with van der Waals surface area (Å²) in [5.74, 6) is -4.33. The molecule has 3 heterocycles. The number of nitrogens with zero attached hydrogens (tertiary/aromatic N) is 1. The van der Waals surface area contributed by atoms with Gasteiger partial charge in [0.2, 0.25) is 17.9 Å². The molecular formula is C48H68N2O13. The zero-order valence-corrected chi connectivity index (χ0v) is 38.1. The lowest BCUT2D eigenvalue weighted by atomic mass is 9.90. The summed E-state index contributed by atoms with van der Waals surface area (Å²) in [4.78, 5) is 81.4. The number of likely N-dealkylation sites (tertiary alicyclic amines) is 1. The Morgan fingerprint density at radius 1 is 1.00 bits per heavy atom. The first kappa shape index (κ1) is 49.4. The van der Waals surface area contributed by atoms with Crippen molar-refractivity contribution in [1.82, 2.24) is 10.2 Å². The Morgan fingerprint density at radius 3 is 2.33 bits per heavy atom. The van der Waals surface area contributed by atoms with Crippen LogP contribution in [0.3, 0.4) is 0 Å². The number of fused-ring (bicyclic) bond motifs is 1. The van der Waals surface area contributed by atoms with E-state index in [4.69, 9.17) is 28.4 Å². The van der Waals surface area contributed by atoms with Gasteiger partial charge in [0.1, 0.15) is 36.6 Å². The van der Waals surface area contributed by atoms with Crippen molar-refractivity contribution in [2.75, 3.05) is 19.8 Å². The van der Waals surface area contributed by atoms with Gasteiger partial charge >= 0.3 is 23.9 Å². The number of cyclic esters (lactones) is 1. The molecule has 5 rings (SSSR count). The number of aliphatic hydroxyl groups is 1. The largest absolute Gasteiger partial charge is 0.462 e. The first-order valence-electron chi connectivity index (χ1n) is 22.7. The molecule has 3 fully saturated rings. The second-order valence-corrected chi connectivity index (χ2v) is 18.8. The highest BCUT2D eigenvalue weighted by atomic mass is 16.8. The monoisotopic (exact) mass is 880 g/mol. The van der Waals surface area contributed by atoms with Crippen LogP contribution in [0.1, 0.15) is 148 Å². The predicted molar refractivity (Wildman–Crippen MR) is 232 cm³/mol. The third-order valence-corrected chi connectivity index (χ3v) is 11.9. The van der Waals surface area contributed by atoms with E-state index < -0.39 is 95.6 Å². The van der Waals surface area contributed by atoms with Crippen molar-refractivity contribution in [1.29, 1.82) is 0 Å². The fourth-order valence-electron chi connectivity index (χ4n) is 8.53. The van der Waals surface area contributed by atoms with Gasteiger partial charge in [0.05, 0.1) is 18.2 Å². The number of hydrogen-bond acceptors (Lipinski definition) is 13. The molecule has 1 aromatic carbocycles. The van der Waals surface area contributed by atoms with Crippen molar-refractivity contribution in [3.05, 3.63) is 53.1 Å². The second-order valence-electron chi connectivity index (χ2n) is 18.8. The highest BCUT2D eigenvalue weighted by Crippen LogP contribution is 2.44. The second kappa shape index (κ2) is 21.9. The maximum Gasteiger partial charge on any atom is 0.348 e. The van der Waals surface area contributed by atoms with Crippen LogP contribution in [0.5, 0.6) is 0 Å². The van der Waals surface area contributed by atoms with Crippen molar-refractivity contribution < 1.29 is 62.3 Å². The van der Waals surface area contributed by atoms with E-state index in [0.717, 1.165) is 44.6 Å². The number of rotatable bonds is 20. The van der Waals surface area contributed by atoms with E-state index in [9.17, 15) is 33.9 Å². The van der Waals surface area contributed by atoms with Gasteiger partial charge in [-0.25, -0.2) is 14.4 Å². The van der Waals surface area contributed by atoms with Gasteiger partial charge in [-0.3, -0.25) is 14.4 Å². The van der Waals surface area contributed by atoms with Crippen LogP contribution >= 0.6 is 0 Å². The molecule has 6 unspecified atom stereocenters. The molecule has 63 heavy (non-hydrogen) atoms. The highest BCUT2D eigenvalue weighted by Gasteiger charge is 2.53. The van der Waals surface area contributed by atoms with Crippen molar-refractivity contribution in [3.63, 3.8) is 0 Å². The van der Waals surface area contributed by atoms with Crippen molar-refractivity contribution >= 4 is 41.8 Å². The summed E-state index contributed by atoms with van der Waals surface area (Å²) in [6, 6.07) is 5.04. The average Bonchev–Trinajstić information content (AvgIpc) is 3.94. The van der Waals surface area contributed by atoms with Gasteiger partial charge in [-0.15, -0.1) is 0 Å². The summed E-state index contributed by atoms with van der Waals surface area (Å²) in [5, 5.41) is 12.9. The lowest BCUT2D eigenvalue weighted by Gasteiger charge is -2.33. The molecule has 0 aromatic heterocycles. The van der Waals surface area contributed by atoms with E-state index in [1.807, 2.05) is 0 Å². The Balaban J connectivity index is 1.36. The summed E-state index contributed by atoms with van der Waals surface area (Å²) >= 11 is 0. The summed E-state index contributed by atoms with van der Waals surface area (Å²) < 4.78 is 35.8. The number of hydrogen-bond donors (Lipinski definition) is 2. The zero-order chi connectivity index (χ0) is 46.0. The van der Waals surface area contributed by atoms with Crippen LogP contribution in [0.25, 0.3) is 6.08 Å². The number of carbonyl (C=O) groups excluding carboxylic acids is 6. The van der Waals surface area contributed by atoms with E-state index >= 15 is 0 Å². The number of carbonyl (C=O) groups is 6. The Bertz CT molecular complexity index is 1860. The quantitative estimate of drug-likeness (QED) is 0.0644. The van der Waals surface area contributed by atoms with Crippen LogP contribution < -0.4 is 5.32 Å². The molecule has 0 spiro atoms. The first-order valence-corrected chi connectivity index (χ1v) is 22.7. The number of esters is 4. The molecule has 0 bridgehead atoms. The number of unbranched alkanes of at least 4 members (excludes halogenated alkanes) is 4. The van der Waals surface area contributed by atoms with Gasteiger partial charge in [-0.05, 0) is 76.7 Å². The molecule has 348 valence electrons. The Hall–Kier alpha value is -4.60. The Kier molecular flexibility index (Phi) is 17.1. The lowest BCUT2D eigenvalue weighted by Crippen LogP contribution is -2.51. The molecule has 6 atom stereocenters. The Labute approximate surface area is 371 Å². The van der Waals surface area contributed by atoms with Crippen LogP contribution in [0.2, 0.25) is 0 Å². The van der Waals surface area contributed by atoms with Crippen LogP contribution in [0.4, 0.5) is 0 Å². The minimum Gasteiger partial charge on any atom is -0.462 e. The molecule has 15 nitrogen and oxygen atoms in total. The molecule has 15 heteroatoms. The van der Waals surface area contributed by atoms with Crippen molar-refractivity contribution in [3.8, 4) is 0 Å². The van der Waals surface area contributed by atoms with Crippen LogP contribution in [-0.4, -0.2) is 113 Å². The molecule has 3 aliphatic heterocycles. The molecule has 0 radical (unpaired) electrons. The van der Waals surface area contributed by atoms with Crippen LogP contribution in [0.15, 0.2) is 42.0 Å². The molecular weight excluding hydrogens is 813 g/mol. The number of ether oxygens (including phenoxy) is 6. The van der Waals surface area contributed by atoms with Crippen molar-refractivity contribution in [2.24, 2.45) is 5.41 Å². The van der Waals surface area contributed by atoms with E-state index in [1.54, 1.807) is 65.0 Å². The normalized spacial score (nSPS) is 24.3. The molecule has 0 saturated carbocycles. The standard InChI is InChI=1S/C48H68N2O13/c1-8-10-14-24-48(25-15-11-9-2)61-37-28-32(43(55)50-26-16-19-35(50)42(54)49-33(29-51)21-23-39(53)62-46(3,4)5)27-36(40(37)63-48)59-44(56)34-18-13-12-17-31(34)20-22-38(52)60-41-45(57)58-30-47(41,6)7/h12-13,17-18,20,22,28,33,35-37,40-41,51H,8-11,14-16,19,21,23-27,29-30H2,1-7H3,(H,49,54). The lowest BCUT2D eigenvalue weighted by molar-refractivity contribution is -0.190. The first-order chi connectivity index (χ1) is 29.9. The number of benzene rings is 1. The summed E-state index contributed by atoms with van der Waals surface area (Å²) in [5.41, 5.74) is -0.526. The maximum absolute atomic E-state index is 14.5. The number of aliphatic hydroxyl groups excluding tert-OH is 1. The number of nitrogens with one attached hydrogen (secondary N) is 1. The fourth-order valence-corrected chi connectivity index (χ4v) is 8.53.